The molecule has 2 aromatic carbocycles. The number of imidazole rings is 1. The van der Waals surface area contributed by atoms with E-state index in [-0.39, 0.29) is 23.8 Å². The molecule has 0 radical (unpaired) electrons. The molecule has 4 aromatic rings. The van der Waals surface area contributed by atoms with E-state index in [1.54, 1.807) is 18.2 Å². The number of carbonyl (C=O) groups is 1. The number of rotatable bonds is 9. The fourth-order valence-electron chi connectivity index (χ4n) is 4.95. The van der Waals surface area contributed by atoms with Gasteiger partial charge in [0.25, 0.3) is 0 Å². The molecular formula is C29H29ClF2N4O4. The highest BCUT2D eigenvalue weighted by molar-refractivity contribution is 6.30. The van der Waals surface area contributed by atoms with Gasteiger partial charge in [0.1, 0.15) is 23.8 Å². The standard InChI is InChI=1S/C29H29ClF2N4O4/c1-17(31)40-25-13-20(29(37)38)12-24-28(25)34-26(35(24)2)15-36-10-8-18(9-11-36)23-4-3-5-27(33-23)39-16-19-6-7-21(30)14-22(19)32/h3-7,12-14,17-18H,8-11,15-16H2,1-2H3,(H,37,38)/t17-/m1/s1. The minimum Gasteiger partial charge on any atom is -0.478 e. The second kappa shape index (κ2) is 11.8. The van der Waals surface area contributed by atoms with E-state index < -0.39 is 18.1 Å². The number of aromatic nitrogens is 3. The number of likely N-dealkylation sites (tertiary alicyclic amines) is 1. The van der Waals surface area contributed by atoms with Crippen molar-refractivity contribution in [2.24, 2.45) is 7.05 Å². The molecule has 1 atom stereocenters. The van der Waals surface area contributed by atoms with Crippen molar-refractivity contribution in [1.29, 1.82) is 0 Å². The van der Waals surface area contributed by atoms with E-state index in [1.807, 2.05) is 23.7 Å². The predicted molar refractivity (Wildman–Crippen MR) is 146 cm³/mol. The zero-order chi connectivity index (χ0) is 28.4. The first kappa shape index (κ1) is 27.8. The lowest BCUT2D eigenvalue weighted by atomic mass is 9.93. The number of carboxylic acid groups (broad SMARTS) is 1. The molecule has 0 spiro atoms. The molecule has 1 saturated heterocycles. The van der Waals surface area contributed by atoms with Crippen LogP contribution in [0.3, 0.4) is 0 Å². The number of fused-ring (bicyclic) bond motifs is 1. The number of hydrogen-bond acceptors (Lipinski definition) is 6. The van der Waals surface area contributed by atoms with E-state index in [4.69, 9.17) is 21.1 Å². The maximum Gasteiger partial charge on any atom is 0.335 e. The summed E-state index contributed by atoms with van der Waals surface area (Å²) in [4.78, 5) is 23.2. The fraction of sp³-hybridized carbons (Fsp3) is 0.345. The summed E-state index contributed by atoms with van der Waals surface area (Å²) in [6.07, 6.45) is 0.152. The van der Waals surface area contributed by atoms with Crippen LogP contribution in [0.15, 0.2) is 48.5 Å². The molecule has 0 unspecified atom stereocenters. The number of aromatic carboxylic acids is 1. The summed E-state index contributed by atoms with van der Waals surface area (Å²) in [7, 11) is 1.82. The summed E-state index contributed by atoms with van der Waals surface area (Å²) < 4.78 is 40.5. The van der Waals surface area contributed by atoms with Gasteiger partial charge in [-0.25, -0.2) is 23.5 Å². The third-order valence-electron chi connectivity index (χ3n) is 7.09. The van der Waals surface area contributed by atoms with Crippen LogP contribution in [0.5, 0.6) is 11.6 Å². The number of ether oxygens (including phenoxy) is 2. The molecule has 2 aromatic heterocycles. The van der Waals surface area contributed by atoms with E-state index >= 15 is 0 Å². The molecule has 0 bridgehead atoms. The Morgan fingerprint density at radius 3 is 2.65 bits per heavy atom. The second-order valence-electron chi connectivity index (χ2n) is 9.87. The van der Waals surface area contributed by atoms with Crippen molar-refractivity contribution in [2.45, 2.75) is 45.2 Å². The zero-order valence-electron chi connectivity index (χ0n) is 22.1. The molecule has 210 valence electrons. The highest BCUT2D eigenvalue weighted by atomic mass is 35.5. The van der Waals surface area contributed by atoms with Crippen molar-refractivity contribution in [1.82, 2.24) is 19.4 Å². The first-order chi connectivity index (χ1) is 19.2. The molecule has 1 N–H and O–H groups in total. The Morgan fingerprint density at radius 2 is 1.95 bits per heavy atom. The summed E-state index contributed by atoms with van der Waals surface area (Å²) in [5, 5.41) is 9.81. The van der Waals surface area contributed by atoms with Gasteiger partial charge in [0.15, 0.2) is 5.75 Å². The van der Waals surface area contributed by atoms with E-state index in [0.29, 0.717) is 34.0 Å². The minimum absolute atomic E-state index is 0.00974. The SMILES string of the molecule is C[C@H](F)Oc1cc(C(=O)O)cc2c1nc(CN1CCC(c3cccc(OCc4ccc(Cl)cc4F)n3)CC1)n2C. The van der Waals surface area contributed by atoms with Crippen LogP contribution < -0.4 is 9.47 Å². The van der Waals surface area contributed by atoms with Crippen molar-refractivity contribution >= 4 is 28.6 Å². The Hall–Kier alpha value is -3.76. The van der Waals surface area contributed by atoms with Gasteiger partial charge in [-0.1, -0.05) is 23.7 Å². The van der Waals surface area contributed by atoms with Crippen LogP contribution in [-0.4, -0.2) is 50.0 Å². The molecule has 11 heteroatoms. The van der Waals surface area contributed by atoms with Gasteiger partial charge in [-0.3, -0.25) is 4.90 Å². The van der Waals surface area contributed by atoms with Gasteiger partial charge < -0.3 is 19.1 Å². The quantitative estimate of drug-likeness (QED) is 0.259. The average molecular weight is 571 g/mol. The van der Waals surface area contributed by atoms with E-state index in [9.17, 15) is 18.7 Å². The monoisotopic (exact) mass is 570 g/mol. The Labute approximate surface area is 235 Å². The molecule has 1 aliphatic rings. The normalized spacial score (nSPS) is 15.3. The first-order valence-electron chi connectivity index (χ1n) is 13.0. The Bertz CT molecular complexity index is 1540. The molecule has 1 aliphatic heterocycles. The Balaban J connectivity index is 1.24. The lowest BCUT2D eigenvalue weighted by molar-refractivity contribution is 0.0690. The third-order valence-corrected chi connectivity index (χ3v) is 7.32. The molecule has 5 rings (SSSR count). The van der Waals surface area contributed by atoms with Crippen LogP contribution in [-0.2, 0) is 20.2 Å². The van der Waals surface area contributed by atoms with E-state index in [0.717, 1.165) is 37.4 Å². The van der Waals surface area contributed by atoms with Gasteiger partial charge in [-0.2, -0.15) is 0 Å². The van der Waals surface area contributed by atoms with Crippen LogP contribution in [0.2, 0.25) is 5.02 Å². The lowest BCUT2D eigenvalue weighted by Crippen LogP contribution is -2.33. The van der Waals surface area contributed by atoms with Gasteiger partial charge in [0, 0.05) is 42.2 Å². The van der Waals surface area contributed by atoms with E-state index in [1.165, 1.54) is 25.1 Å². The van der Waals surface area contributed by atoms with Gasteiger partial charge in [0.2, 0.25) is 12.2 Å². The molecule has 1 fully saturated rings. The number of benzene rings is 2. The van der Waals surface area contributed by atoms with Crippen LogP contribution in [0, 0.1) is 5.82 Å². The van der Waals surface area contributed by atoms with Gasteiger partial charge in [0.05, 0.1) is 17.6 Å². The number of hydrogen-bond donors (Lipinski definition) is 1. The molecular weight excluding hydrogens is 542 g/mol. The molecule has 0 saturated carbocycles. The number of piperidine rings is 1. The van der Waals surface area contributed by atoms with Crippen molar-refractivity contribution in [3.8, 4) is 11.6 Å². The molecule has 40 heavy (non-hydrogen) atoms. The molecule has 3 heterocycles. The van der Waals surface area contributed by atoms with Gasteiger partial charge >= 0.3 is 5.97 Å². The largest absolute Gasteiger partial charge is 0.478 e. The summed E-state index contributed by atoms with van der Waals surface area (Å²) in [5.41, 5.74) is 2.35. The number of aryl methyl sites for hydroxylation is 1. The summed E-state index contributed by atoms with van der Waals surface area (Å²) in [6, 6.07) is 12.9. The molecule has 0 aliphatic carbocycles. The zero-order valence-corrected chi connectivity index (χ0v) is 22.9. The van der Waals surface area contributed by atoms with Crippen LogP contribution in [0.4, 0.5) is 8.78 Å². The summed E-state index contributed by atoms with van der Waals surface area (Å²) >= 11 is 5.82. The van der Waals surface area contributed by atoms with Crippen LogP contribution in [0.1, 0.15) is 53.1 Å². The topological polar surface area (TPSA) is 89.7 Å². The maximum absolute atomic E-state index is 14.1. The van der Waals surface area contributed by atoms with Gasteiger partial charge in [-0.05, 0) is 56.3 Å². The Morgan fingerprint density at radius 1 is 1.18 bits per heavy atom. The van der Waals surface area contributed by atoms with Crippen molar-refractivity contribution in [2.75, 3.05) is 13.1 Å². The number of nitrogens with zero attached hydrogens (tertiary/aromatic N) is 4. The molecule has 8 nitrogen and oxygen atoms in total. The molecule has 0 amide bonds. The Kier molecular flexibility index (Phi) is 8.18. The minimum atomic E-state index is -1.60. The van der Waals surface area contributed by atoms with Crippen molar-refractivity contribution in [3.05, 3.63) is 82.0 Å². The number of pyridine rings is 1. The van der Waals surface area contributed by atoms with Crippen molar-refractivity contribution < 1.29 is 28.2 Å². The average Bonchev–Trinajstić information content (AvgIpc) is 3.23. The lowest BCUT2D eigenvalue weighted by Gasteiger charge is -2.31. The third kappa shape index (κ3) is 6.18. The van der Waals surface area contributed by atoms with E-state index in [2.05, 4.69) is 14.9 Å². The smallest absolute Gasteiger partial charge is 0.335 e. The second-order valence-corrected chi connectivity index (χ2v) is 10.3. The van der Waals surface area contributed by atoms with Crippen LogP contribution in [0.25, 0.3) is 11.0 Å². The van der Waals surface area contributed by atoms with Gasteiger partial charge in [-0.15, -0.1) is 0 Å². The summed E-state index contributed by atoms with van der Waals surface area (Å²) in [6.45, 7) is 3.46. The highest BCUT2D eigenvalue weighted by Gasteiger charge is 2.24. The number of carboxylic acids is 1. The van der Waals surface area contributed by atoms with Crippen molar-refractivity contribution in [3.63, 3.8) is 0 Å². The maximum atomic E-state index is 14.1. The number of halogens is 3. The number of alkyl halides is 1. The predicted octanol–water partition coefficient (Wildman–Crippen LogP) is 6.11. The highest BCUT2D eigenvalue weighted by Crippen LogP contribution is 2.32. The summed E-state index contributed by atoms with van der Waals surface area (Å²) in [5.74, 6) is -0.0114. The fourth-order valence-corrected chi connectivity index (χ4v) is 5.11. The first-order valence-corrected chi connectivity index (χ1v) is 13.3. The van der Waals surface area contributed by atoms with Crippen LogP contribution >= 0.6 is 11.6 Å².